The molecule has 0 fully saturated rings. The maximum absolute atomic E-state index is 9.59. The predicted molar refractivity (Wildman–Crippen MR) is 121 cm³/mol. The molecule has 0 spiro atoms. The summed E-state index contributed by atoms with van der Waals surface area (Å²) in [6.07, 6.45) is 0. The monoisotopic (exact) mass is 431 g/mol. The van der Waals surface area contributed by atoms with Crippen LogP contribution in [0.2, 0.25) is 10.0 Å². The van der Waals surface area contributed by atoms with E-state index in [-0.39, 0.29) is 11.4 Å². The van der Waals surface area contributed by atoms with Gasteiger partial charge in [-0.05, 0) is 54.6 Å². The van der Waals surface area contributed by atoms with Gasteiger partial charge in [-0.3, -0.25) is 0 Å². The number of benzene rings is 3. The lowest BCUT2D eigenvalue weighted by Crippen LogP contribution is -2.00. The molecule has 0 bridgehead atoms. The van der Waals surface area contributed by atoms with Crippen molar-refractivity contribution in [3.05, 3.63) is 94.5 Å². The largest absolute Gasteiger partial charge is 0.457 e. The summed E-state index contributed by atoms with van der Waals surface area (Å²) >= 11 is 12.4. The van der Waals surface area contributed by atoms with Crippen LogP contribution < -0.4 is 10.5 Å². The Hall–Kier alpha value is -3.52. The summed E-state index contributed by atoms with van der Waals surface area (Å²) in [7, 11) is 0. The summed E-state index contributed by atoms with van der Waals surface area (Å²) in [4.78, 5) is 4.41. The van der Waals surface area contributed by atoms with E-state index in [1.54, 1.807) is 24.3 Å². The fourth-order valence-corrected chi connectivity index (χ4v) is 3.58. The van der Waals surface area contributed by atoms with Crippen molar-refractivity contribution < 1.29 is 4.74 Å². The number of ether oxygens (including phenoxy) is 1. The Bertz CT molecular complexity index is 1250. The molecule has 4 aromatic rings. The van der Waals surface area contributed by atoms with E-state index in [1.807, 2.05) is 54.6 Å². The highest BCUT2D eigenvalue weighted by Crippen LogP contribution is 2.36. The van der Waals surface area contributed by atoms with Crippen LogP contribution in [-0.2, 0) is 0 Å². The van der Waals surface area contributed by atoms with E-state index in [0.717, 1.165) is 11.3 Å². The van der Waals surface area contributed by atoms with Gasteiger partial charge in [-0.1, -0.05) is 47.5 Å². The highest BCUT2D eigenvalue weighted by atomic mass is 35.5. The topological polar surface area (TPSA) is 71.9 Å². The molecule has 3 aromatic carbocycles. The Morgan fingerprint density at radius 3 is 2.20 bits per heavy atom. The van der Waals surface area contributed by atoms with Gasteiger partial charge in [-0.2, -0.15) is 5.26 Å². The minimum absolute atomic E-state index is 0.139. The number of rotatable bonds is 4. The molecule has 1 aromatic heterocycles. The fourth-order valence-electron chi connectivity index (χ4n) is 3.07. The third kappa shape index (κ3) is 4.08. The third-order valence-electron chi connectivity index (χ3n) is 4.51. The van der Waals surface area contributed by atoms with Gasteiger partial charge in [0.2, 0.25) is 0 Å². The molecule has 0 saturated carbocycles. The lowest BCUT2D eigenvalue weighted by molar-refractivity contribution is 0.483. The second-order valence-corrected chi connectivity index (χ2v) is 7.33. The van der Waals surface area contributed by atoms with Gasteiger partial charge < -0.3 is 10.5 Å². The van der Waals surface area contributed by atoms with E-state index in [4.69, 9.17) is 33.7 Å². The number of halogens is 2. The van der Waals surface area contributed by atoms with E-state index in [0.29, 0.717) is 32.6 Å². The summed E-state index contributed by atoms with van der Waals surface area (Å²) in [5.41, 5.74) is 9.08. The van der Waals surface area contributed by atoms with Crippen LogP contribution >= 0.6 is 23.2 Å². The zero-order valence-electron chi connectivity index (χ0n) is 15.6. The minimum Gasteiger partial charge on any atom is -0.457 e. The lowest BCUT2D eigenvalue weighted by Gasteiger charge is -2.12. The molecule has 0 radical (unpaired) electrons. The number of nitrogens with zero attached hydrogens (tertiary/aromatic N) is 2. The van der Waals surface area contributed by atoms with Crippen molar-refractivity contribution in [2.45, 2.75) is 0 Å². The SMILES string of the molecule is N#Cc1c(-c2ccc(Cl)cc2Cl)cc(-c2ccc(Oc3ccccc3)cc2)nc1N. The molecule has 0 aliphatic carbocycles. The van der Waals surface area contributed by atoms with Gasteiger partial charge in [-0.25, -0.2) is 4.98 Å². The number of nitrogens with two attached hydrogens (primary N) is 1. The Labute approximate surface area is 184 Å². The Morgan fingerprint density at radius 1 is 0.833 bits per heavy atom. The average molecular weight is 432 g/mol. The highest BCUT2D eigenvalue weighted by Gasteiger charge is 2.16. The van der Waals surface area contributed by atoms with Gasteiger partial charge in [0.1, 0.15) is 28.9 Å². The standard InChI is InChI=1S/C24H15Cl2N3O/c25-16-8-11-19(22(26)12-16)20-13-23(29-24(28)21(20)14-27)15-6-9-18(10-7-15)30-17-4-2-1-3-5-17/h1-13H,(H2,28,29). The zero-order chi connectivity index (χ0) is 21.1. The summed E-state index contributed by atoms with van der Waals surface area (Å²) in [5.74, 6) is 1.60. The first-order chi connectivity index (χ1) is 14.5. The predicted octanol–water partition coefficient (Wildman–Crippen LogP) is 6.97. The average Bonchev–Trinajstić information content (AvgIpc) is 2.74. The van der Waals surface area contributed by atoms with Gasteiger partial charge in [0.05, 0.1) is 5.69 Å². The molecule has 4 nitrogen and oxygen atoms in total. The molecule has 0 amide bonds. The number of anilines is 1. The highest BCUT2D eigenvalue weighted by molar-refractivity contribution is 6.36. The molecular weight excluding hydrogens is 417 g/mol. The quantitative estimate of drug-likeness (QED) is 0.378. The molecular formula is C24H15Cl2N3O. The van der Waals surface area contributed by atoms with Crippen molar-refractivity contribution in [1.82, 2.24) is 4.98 Å². The number of pyridine rings is 1. The molecule has 1 heterocycles. The van der Waals surface area contributed by atoms with Crippen molar-refractivity contribution in [1.29, 1.82) is 5.26 Å². The minimum atomic E-state index is 0.139. The molecule has 0 aliphatic rings. The van der Waals surface area contributed by atoms with Crippen LogP contribution in [0.4, 0.5) is 5.82 Å². The smallest absolute Gasteiger partial charge is 0.142 e. The van der Waals surface area contributed by atoms with E-state index < -0.39 is 0 Å². The summed E-state index contributed by atoms with van der Waals surface area (Å²) in [6.45, 7) is 0. The van der Waals surface area contributed by atoms with E-state index in [2.05, 4.69) is 11.1 Å². The van der Waals surface area contributed by atoms with Crippen LogP contribution in [-0.4, -0.2) is 4.98 Å². The molecule has 0 saturated heterocycles. The van der Waals surface area contributed by atoms with Crippen LogP contribution in [0.3, 0.4) is 0 Å². The molecule has 0 unspecified atom stereocenters. The van der Waals surface area contributed by atoms with Crippen LogP contribution in [0.5, 0.6) is 11.5 Å². The Kier molecular flexibility index (Phi) is 5.58. The first kappa shape index (κ1) is 19.8. The van der Waals surface area contributed by atoms with Crippen LogP contribution in [0.15, 0.2) is 78.9 Å². The second kappa shape index (κ2) is 8.46. The lowest BCUT2D eigenvalue weighted by atomic mass is 9.98. The van der Waals surface area contributed by atoms with Crippen molar-refractivity contribution in [3.8, 4) is 40.0 Å². The van der Waals surface area contributed by atoms with Crippen molar-refractivity contribution in [3.63, 3.8) is 0 Å². The second-order valence-electron chi connectivity index (χ2n) is 6.49. The summed E-state index contributed by atoms with van der Waals surface area (Å²) in [6, 6.07) is 26.1. The van der Waals surface area contributed by atoms with Crippen LogP contribution in [0.1, 0.15) is 5.56 Å². The molecule has 0 aliphatic heterocycles. The van der Waals surface area contributed by atoms with Crippen molar-refractivity contribution >= 4 is 29.0 Å². The molecule has 30 heavy (non-hydrogen) atoms. The van der Waals surface area contributed by atoms with Gasteiger partial charge in [-0.15, -0.1) is 0 Å². The molecule has 2 N–H and O–H groups in total. The molecule has 4 rings (SSSR count). The molecule has 146 valence electrons. The summed E-state index contributed by atoms with van der Waals surface area (Å²) in [5, 5.41) is 10.5. The van der Waals surface area contributed by atoms with E-state index >= 15 is 0 Å². The maximum Gasteiger partial charge on any atom is 0.142 e. The Balaban J connectivity index is 1.73. The number of nitrogen functional groups attached to an aromatic ring is 1. The zero-order valence-corrected chi connectivity index (χ0v) is 17.2. The number of para-hydroxylation sites is 1. The van der Waals surface area contributed by atoms with Crippen LogP contribution in [0, 0.1) is 11.3 Å². The van der Waals surface area contributed by atoms with Crippen LogP contribution in [0.25, 0.3) is 22.4 Å². The van der Waals surface area contributed by atoms with Gasteiger partial charge in [0.15, 0.2) is 0 Å². The van der Waals surface area contributed by atoms with E-state index in [1.165, 1.54) is 0 Å². The number of hydrogen-bond acceptors (Lipinski definition) is 4. The maximum atomic E-state index is 9.59. The first-order valence-electron chi connectivity index (χ1n) is 9.04. The van der Waals surface area contributed by atoms with Crippen molar-refractivity contribution in [2.75, 3.05) is 5.73 Å². The van der Waals surface area contributed by atoms with Crippen molar-refractivity contribution in [2.24, 2.45) is 0 Å². The van der Waals surface area contributed by atoms with Gasteiger partial charge in [0.25, 0.3) is 0 Å². The Morgan fingerprint density at radius 2 is 1.53 bits per heavy atom. The number of nitriles is 1. The fraction of sp³-hybridized carbons (Fsp3) is 0. The normalized spacial score (nSPS) is 10.4. The van der Waals surface area contributed by atoms with Gasteiger partial charge >= 0.3 is 0 Å². The summed E-state index contributed by atoms with van der Waals surface area (Å²) < 4.78 is 5.83. The molecule has 6 heteroatoms. The first-order valence-corrected chi connectivity index (χ1v) is 9.80. The van der Waals surface area contributed by atoms with Gasteiger partial charge in [0, 0.05) is 26.7 Å². The van der Waals surface area contributed by atoms with E-state index in [9.17, 15) is 5.26 Å². The number of aromatic nitrogens is 1. The molecule has 0 atom stereocenters. The third-order valence-corrected chi connectivity index (χ3v) is 5.06. The number of hydrogen-bond donors (Lipinski definition) is 1.